The summed E-state index contributed by atoms with van der Waals surface area (Å²) in [4.78, 5) is 14.1. The van der Waals surface area contributed by atoms with E-state index in [2.05, 4.69) is 22.9 Å². The number of likely N-dealkylation sites (tertiary alicyclic amines) is 1. The van der Waals surface area contributed by atoms with E-state index in [1.54, 1.807) is 0 Å². The molecule has 0 spiro atoms. The molecule has 1 unspecified atom stereocenters. The molecule has 98 valence electrons. The molecule has 1 atom stereocenters. The molecule has 3 nitrogen and oxygen atoms in total. The standard InChI is InChI=1S/C14H19BrN2O/c1-14(9-16)6-7-17(10-14)13(18)8-11-2-4-12(15)5-3-11/h2-5H,6-10,16H2,1H3. The van der Waals surface area contributed by atoms with Gasteiger partial charge in [0.15, 0.2) is 0 Å². The Labute approximate surface area is 116 Å². The van der Waals surface area contributed by atoms with Gasteiger partial charge < -0.3 is 10.6 Å². The lowest BCUT2D eigenvalue weighted by atomic mass is 9.90. The number of halogens is 1. The van der Waals surface area contributed by atoms with Gasteiger partial charge in [0.2, 0.25) is 5.91 Å². The smallest absolute Gasteiger partial charge is 0.227 e. The number of benzene rings is 1. The summed E-state index contributed by atoms with van der Waals surface area (Å²) in [7, 11) is 0. The summed E-state index contributed by atoms with van der Waals surface area (Å²) in [5.41, 5.74) is 6.92. The Balaban J connectivity index is 1.95. The van der Waals surface area contributed by atoms with Crippen LogP contribution in [0.1, 0.15) is 18.9 Å². The van der Waals surface area contributed by atoms with E-state index >= 15 is 0 Å². The lowest BCUT2D eigenvalue weighted by Crippen LogP contribution is -2.35. The summed E-state index contributed by atoms with van der Waals surface area (Å²) in [5.74, 6) is 0.203. The van der Waals surface area contributed by atoms with Crippen molar-refractivity contribution in [2.24, 2.45) is 11.1 Å². The predicted molar refractivity (Wildman–Crippen MR) is 76.2 cm³/mol. The van der Waals surface area contributed by atoms with Gasteiger partial charge in [-0.15, -0.1) is 0 Å². The van der Waals surface area contributed by atoms with Gasteiger partial charge in [-0.2, -0.15) is 0 Å². The Hall–Kier alpha value is -0.870. The molecule has 1 heterocycles. The largest absolute Gasteiger partial charge is 0.342 e. The maximum Gasteiger partial charge on any atom is 0.227 e. The Morgan fingerprint density at radius 1 is 1.44 bits per heavy atom. The topological polar surface area (TPSA) is 46.3 Å². The van der Waals surface area contributed by atoms with Crippen LogP contribution in [0.5, 0.6) is 0 Å². The molecule has 1 aromatic carbocycles. The van der Waals surface area contributed by atoms with Crippen LogP contribution < -0.4 is 5.73 Å². The highest BCUT2D eigenvalue weighted by Crippen LogP contribution is 2.28. The zero-order chi connectivity index (χ0) is 13.2. The minimum absolute atomic E-state index is 0.107. The van der Waals surface area contributed by atoms with Crippen molar-refractivity contribution in [3.8, 4) is 0 Å². The number of nitrogens with zero attached hydrogens (tertiary/aromatic N) is 1. The zero-order valence-corrected chi connectivity index (χ0v) is 12.2. The minimum atomic E-state index is 0.107. The molecule has 0 bridgehead atoms. The molecular formula is C14H19BrN2O. The van der Waals surface area contributed by atoms with Crippen molar-refractivity contribution in [2.75, 3.05) is 19.6 Å². The number of amides is 1. The van der Waals surface area contributed by atoms with Gasteiger partial charge in [0.1, 0.15) is 0 Å². The van der Waals surface area contributed by atoms with Gasteiger partial charge in [-0.05, 0) is 36.1 Å². The minimum Gasteiger partial charge on any atom is -0.342 e. The van der Waals surface area contributed by atoms with Crippen molar-refractivity contribution in [2.45, 2.75) is 19.8 Å². The maximum absolute atomic E-state index is 12.2. The molecule has 0 aromatic heterocycles. The molecule has 4 heteroatoms. The van der Waals surface area contributed by atoms with E-state index in [0.29, 0.717) is 13.0 Å². The Bertz CT molecular complexity index is 432. The van der Waals surface area contributed by atoms with Crippen LogP contribution in [0.4, 0.5) is 0 Å². The van der Waals surface area contributed by atoms with E-state index in [-0.39, 0.29) is 11.3 Å². The maximum atomic E-state index is 12.2. The van der Waals surface area contributed by atoms with Crippen LogP contribution in [-0.2, 0) is 11.2 Å². The van der Waals surface area contributed by atoms with Crippen LogP contribution in [0.25, 0.3) is 0 Å². The molecule has 1 fully saturated rings. The first-order chi connectivity index (χ1) is 8.52. The van der Waals surface area contributed by atoms with Crippen LogP contribution in [0.3, 0.4) is 0 Å². The third-order valence-electron chi connectivity index (χ3n) is 3.67. The number of rotatable bonds is 3. The Morgan fingerprint density at radius 3 is 2.67 bits per heavy atom. The fraction of sp³-hybridized carbons (Fsp3) is 0.500. The molecular weight excluding hydrogens is 292 g/mol. The molecule has 1 aliphatic heterocycles. The van der Waals surface area contributed by atoms with Gasteiger partial charge in [0.05, 0.1) is 6.42 Å². The summed E-state index contributed by atoms with van der Waals surface area (Å²) < 4.78 is 1.04. The summed E-state index contributed by atoms with van der Waals surface area (Å²) >= 11 is 3.39. The molecule has 2 N–H and O–H groups in total. The van der Waals surface area contributed by atoms with Crippen molar-refractivity contribution < 1.29 is 4.79 Å². The summed E-state index contributed by atoms with van der Waals surface area (Å²) in [5, 5.41) is 0. The van der Waals surface area contributed by atoms with Crippen molar-refractivity contribution in [3.05, 3.63) is 34.3 Å². The molecule has 1 aliphatic rings. The summed E-state index contributed by atoms with van der Waals surface area (Å²) in [6.07, 6.45) is 1.49. The van der Waals surface area contributed by atoms with E-state index in [0.717, 1.165) is 29.5 Å². The van der Waals surface area contributed by atoms with E-state index in [9.17, 15) is 4.79 Å². The highest BCUT2D eigenvalue weighted by Gasteiger charge is 2.34. The Kier molecular flexibility index (Phi) is 4.07. The quantitative estimate of drug-likeness (QED) is 0.930. The molecule has 0 aliphatic carbocycles. The lowest BCUT2D eigenvalue weighted by molar-refractivity contribution is -0.129. The molecule has 1 aromatic rings. The van der Waals surface area contributed by atoms with Crippen LogP contribution >= 0.6 is 15.9 Å². The second-order valence-electron chi connectivity index (χ2n) is 5.38. The molecule has 1 saturated heterocycles. The monoisotopic (exact) mass is 310 g/mol. The first-order valence-corrected chi connectivity index (χ1v) is 7.04. The second-order valence-corrected chi connectivity index (χ2v) is 6.30. The van der Waals surface area contributed by atoms with Crippen LogP contribution in [0, 0.1) is 5.41 Å². The van der Waals surface area contributed by atoms with Crippen LogP contribution in [-0.4, -0.2) is 30.4 Å². The van der Waals surface area contributed by atoms with E-state index in [4.69, 9.17) is 5.73 Å². The van der Waals surface area contributed by atoms with Crippen LogP contribution in [0.15, 0.2) is 28.7 Å². The molecule has 1 amide bonds. The number of hydrogen-bond donors (Lipinski definition) is 1. The third-order valence-corrected chi connectivity index (χ3v) is 4.20. The SMILES string of the molecule is CC1(CN)CCN(C(=O)Cc2ccc(Br)cc2)C1. The molecule has 18 heavy (non-hydrogen) atoms. The van der Waals surface area contributed by atoms with Crippen LogP contribution in [0.2, 0.25) is 0 Å². The fourth-order valence-electron chi connectivity index (χ4n) is 2.29. The highest BCUT2D eigenvalue weighted by atomic mass is 79.9. The van der Waals surface area contributed by atoms with Gasteiger partial charge in [-0.1, -0.05) is 35.0 Å². The summed E-state index contributed by atoms with van der Waals surface area (Å²) in [6.45, 7) is 4.43. The number of nitrogens with two attached hydrogens (primary N) is 1. The Morgan fingerprint density at radius 2 is 2.11 bits per heavy atom. The average Bonchev–Trinajstić information content (AvgIpc) is 2.76. The highest BCUT2D eigenvalue weighted by molar-refractivity contribution is 9.10. The second kappa shape index (κ2) is 5.41. The van der Waals surface area contributed by atoms with Crippen molar-refractivity contribution in [1.82, 2.24) is 4.90 Å². The molecule has 0 radical (unpaired) electrons. The zero-order valence-electron chi connectivity index (χ0n) is 10.7. The first-order valence-electron chi connectivity index (χ1n) is 6.25. The number of carbonyl (C=O) groups is 1. The fourth-order valence-corrected chi connectivity index (χ4v) is 2.56. The van der Waals surface area contributed by atoms with Gasteiger partial charge in [0.25, 0.3) is 0 Å². The average molecular weight is 311 g/mol. The van der Waals surface area contributed by atoms with Crippen molar-refractivity contribution in [3.63, 3.8) is 0 Å². The van der Waals surface area contributed by atoms with E-state index in [1.165, 1.54) is 0 Å². The third kappa shape index (κ3) is 3.12. The van der Waals surface area contributed by atoms with E-state index < -0.39 is 0 Å². The van der Waals surface area contributed by atoms with Crippen molar-refractivity contribution in [1.29, 1.82) is 0 Å². The normalized spacial score (nSPS) is 23.4. The van der Waals surface area contributed by atoms with Gasteiger partial charge in [-0.25, -0.2) is 0 Å². The first kappa shape index (κ1) is 13.6. The molecule has 0 saturated carbocycles. The van der Waals surface area contributed by atoms with Gasteiger partial charge in [-0.3, -0.25) is 4.79 Å². The van der Waals surface area contributed by atoms with E-state index in [1.807, 2.05) is 29.2 Å². The number of hydrogen-bond acceptors (Lipinski definition) is 2. The van der Waals surface area contributed by atoms with Gasteiger partial charge in [0, 0.05) is 17.6 Å². The number of carbonyl (C=O) groups excluding carboxylic acids is 1. The van der Waals surface area contributed by atoms with Crippen molar-refractivity contribution >= 4 is 21.8 Å². The predicted octanol–water partition coefficient (Wildman–Crippen LogP) is 2.19. The summed E-state index contributed by atoms with van der Waals surface area (Å²) in [6, 6.07) is 7.91. The lowest BCUT2D eigenvalue weighted by Gasteiger charge is -2.22. The molecule has 2 rings (SSSR count). The van der Waals surface area contributed by atoms with Gasteiger partial charge >= 0.3 is 0 Å².